The molecule has 1 fully saturated rings. The first-order valence-electron chi connectivity index (χ1n) is 7.66. The van der Waals surface area contributed by atoms with Crippen molar-refractivity contribution in [3.63, 3.8) is 0 Å². The zero-order valence-corrected chi connectivity index (χ0v) is 14.0. The van der Waals surface area contributed by atoms with Crippen LogP contribution < -0.4 is 5.32 Å². The van der Waals surface area contributed by atoms with Crippen molar-refractivity contribution in [3.05, 3.63) is 40.4 Å². The molecule has 0 atom stereocenters. The Labute approximate surface area is 139 Å². The van der Waals surface area contributed by atoms with Crippen molar-refractivity contribution >= 4 is 32.4 Å². The van der Waals surface area contributed by atoms with Crippen LogP contribution in [0.15, 0.2) is 30.3 Å². The zero-order valence-electron chi connectivity index (χ0n) is 13.2. The van der Waals surface area contributed by atoms with E-state index in [1.54, 1.807) is 25.1 Å². The van der Waals surface area contributed by atoms with Gasteiger partial charge in [-0.25, -0.2) is 17.7 Å². The zero-order chi connectivity index (χ0) is 17.3. The molecular formula is C15H18N4O4S. The number of anilines is 1. The smallest absolute Gasteiger partial charge is 0.270 e. The van der Waals surface area contributed by atoms with Crippen molar-refractivity contribution in [3.8, 4) is 0 Å². The maximum Gasteiger partial charge on any atom is 0.270 e. The molecule has 0 saturated carbocycles. The summed E-state index contributed by atoms with van der Waals surface area (Å²) < 4.78 is 24.8. The summed E-state index contributed by atoms with van der Waals surface area (Å²) in [7, 11) is -3.08. The fraction of sp³-hybridized carbons (Fsp3) is 0.400. The summed E-state index contributed by atoms with van der Waals surface area (Å²) in [5.41, 5.74) is 0.714. The normalized spacial score (nSPS) is 16.0. The lowest BCUT2D eigenvalue weighted by Gasteiger charge is -2.38. The molecule has 1 aliphatic heterocycles. The SMILES string of the molecule is CCS(=O)(=O)N1CC(CNc2ccc3cc([N+](=O)[O-])ccc3n2)C1. The first-order valence-corrected chi connectivity index (χ1v) is 9.27. The predicted molar refractivity (Wildman–Crippen MR) is 91.4 cm³/mol. The van der Waals surface area contributed by atoms with Crippen LogP contribution in [0.25, 0.3) is 10.9 Å². The van der Waals surface area contributed by atoms with E-state index in [0.717, 1.165) is 0 Å². The van der Waals surface area contributed by atoms with Gasteiger partial charge in [-0.3, -0.25) is 10.1 Å². The number of non-ortho nitro benzene ring substituents is 1. The monoisotopic (exact) mass is 350 g/mol. The molecule has 0 bridgehead atoms. The Morgan fingerprint density at radius 2 is 2.08 bits per heavy atom. The minimum atomic E-state index is -3.08. The number of aromatic nitrogens is 1. The van der Waals surface area contributed by atoms with Crippen molar-refractivity contribution in [2.75, 3.05) is 30.7 Å². The highest BCUT2D eigenvalue weighted by Gasteiger charge is 2.34. The average Bonchev–Trinajstić information content (AvgIpc) is 2.52. The van der Waals surface area contributed by atoms with Crippen molar-refractivity contribution in [2.45, 2.75) is 6.92 Å². The topological polar surface area (TPSA) is 105 Å². The lowest BCUT2D eigenvalue weighted by Crippen LogP contribution is -2.52. The van der Waals surface area contributed by atoms with Gasteiger partial charge in [-0.15, -0.1) is 0 Å². The van der Waals surface area contributed by atoms with Crippen LogP contribution in [-0.4, -0.2) is 48.0 Å². The molecular weight excluding hydrogens is 332 g/mol. The predicted octanol–water partition coefficient (Wildman–Crippen LogP) is 1.84. The standard InChI is InChI=1S/C15H18N4O4S/c1-2-24(22,23)18-9-11(10-18)8-16-15-6-3-12-7-13(19(20)21)4-5-14(12)17-15/h3-7,11H,2,8-10H2,1H3,(H,16,17). The molecule has 2 heterocycles. The molecule has 1 aromatic carbocycles. The van der Waals surface area contributed by atoms with Crippen LogP contribution in [0.3, 0.4) is 0 Å². The van der Waals surface area contributed by atoms with E-state index < -0.39 is 14.9 Å². The van der Waals surface area contributed by atoms with E-state index >= 15 is 0 Å². The number of nitrogens with zero attached hydrogens (tertiary/aromatic N) is 3. The number of benzene rings is 1. The van der Waals surface area contributed by atoms with Gasteiger partial charge in [-0.1, -0.05) is 0 Å². The third-order valence-corrected chi connectivity index (χ3v) is 5.95. The van der Waals surface area contributed by atoms with E-state index in [0.29, 0.717) is 36.4 Å². The Morgan fingerprint density at radius 3 is 2.75 bits per heavy atom. The number of nitro benzene ring substituents is 1. The number of hydrogen-bond acceptors (Lipinski definition) is 6. The summed E-state index contributed by atoms with van der Waals surface area (Å²) in [6, 6.07) is 8.10. The molecule has 24 heavy (non-hydrogen) atoms. The molecule has 1 N–H and O–H groups in total. The number of nitro groups is 1. The first kappa shape index (κ1) is 16.6. The average molecular weight is 350 g/mol. The number of rotatable bonds is 6. The summed E-state index contributed by atoms with van der Waals surface area (Å²) >= 11 is 0. The Kier molecular flexibility index (Phi) is 4.37. The van der Waals surface area contributed by atoms with Crippen molar-refractivity contribution in [2.24, 2.45) is 5.92 Å². The van der Waals surface area contributed by atoms with Gasteiger partial charge in [-0.05, 0) is 25.1 Å². The van der Waals surface area contributed by atoms with Crippen LogP contribution in [0.5, 0.6) is 0 Å². The molecule has 0 aliphatic carbocycles. The molecule has 0 radical (unpaired) electrons. The molecule has 0 spiro atoms. The molecule has 9 heteroatoms. The van der Waals surface area contributed by atoms with Gasteiger partial charge in [0.25, 0.3) is 5.69 Å². The van der Waals surface area contributed by atoms with E-state index in [1.165, 1.54) is 16.4 Å². The summed E-state index contributed by atoms with van der Waals surface area (Å²) in [6.07, 6.45) is 0. The quantitative estimate of drug-likeness (QED) is 0.629. The second-order valence-electron chi connectivity index (χ2n) is 5.80. The van der Waals surface area contributed by atoms with Crippen molar-refractivity contribution in [1.82, 2.24) is 9.29 Å². The number of hydrogen-bond donors (Lipinski definition) is 1. The second-order valence-corrected chi connectivity index (χ2v) is 8.05. The Morgan fingerprint density at radius 1 is 1.33 bits per heavy atom. The van der Waals surface area contributed by atoms with Gasteiger partial charge in [-0.2, -0.15) is 0 Å². The lowest BCUT2D eigenvalue weighted by molar-refractivity contribution is -0.384. The maximum absolute atomic E-state index is 11.7. The highest BCUT2D eigenvalue weighted by molar-refractivity contribution is 7.89. The third-order valence-electron chi connectivity index (χ3n) is 4.14. The lowest BCUT2D eigenvalue weighted by atomic mass is 10.0. The molecule has 1 aliphatic rings. The van der Waals surface area contributed by atoms with Crippen molar-refractivity contribution < 1.29 is 13.3 Å². The Hall–Kier alpha value is -2.26. The minimum absolute atomic E-state index is 0.0386. The molecule has 0 amide bonds. The largest absolute Gasteiger partial charge is 0.370 e. The summed E-state index contributed by atoms with van der Waals surface area (Å²) in [4.78, 5) is 14.8. The third kappa shape index (κ3) is 3.31. The Bertz CT molecular complexity index is 878. The first-order chi connectivity index (χ1) is 11.4. The molecule has 3 rings (SSSR count). The number of nitrogens with one attached hydrogen (secondary N) is 1. The second kappa shape index (κ2) is 6.33. The molecule has 128 valence electrons. The highest BCUT2D eigenvalue weighted by Crippen LogP contribution is 2.23. The summed E-state index contributed by atoms with van der Waals surface area (Å²) in [5.74, 6) is 1.07. The molecule has 8 nitrogen and oxygen atoms in total. The van der Waals surface area contributed by atoms with E-state index in [4.69, 9.17) is 0 Å². The minimum Gasteiger partial charge on any atom is -0.370 e. The van der Waals surface area contributed by atoms with Gasteiger partial charge < -0.3 is 5.32 Å². The molecule has 1 aromatic heterocycles. The van der Waals surface area contributed by atoms with Crippen LogP contribution in [0.2, 0.25) is 0 Å². The van der Waals surface area contributed by atoms with Gasteiger partial charge in [0.1, 0.15) is 5.82 Å². The van der Waals surface area contributed by atoms with Crippen LogP contribution in [0, 0.1) is 16.0 Å². The van der Waals surface area contributed by atoms with E-state index in [1.807, 2.05) is 0 Å². The van der Waals surface area contributed by atoms with Crippen LogP contribution >= 0.6 is 0 Å². The molecule has 1 saturated heterocycles. The van der Waals surface area contributed by atoms with Gasteiger partial charge >= 0.3 is 0 Å². The van der Waals surface area contributed by atoms with E-state index in [9.17, 15) is 18.5 Å². The number of fused-ring (bicyclic) bond motifs is 1. The van der Waals surface area contributed by atoms with E-state index in [2.05, 4.69) is 10.3 Å². The number of sulfonamides is 1. The molecule has 2 aromatic rings. The van der Waals surface area contributed by atoms with Crippen molar-refractivity contribution in [1.29, 1.82) is 0 Å². The summed E-state index contributed by atoms with van der Waals surface area (Å²) in [5, 5.41) is 14.7. The molecule has 0 unspecified atom stereocenters. The van der Waals surface area contributed by atoms with Crippen LogP contribution in [0.1, 0.15) is 6.92 Å². The Balaban J connectivity index is 1.61. The van der Waals surface area contributed by atoms with Crippen LogP contribution in [0.4, 0.5) is 11.5 Å². The fourth-order valence-corrected chi connectivity index (χ4v) is 3.88. The maximum atomic E-state index is 11.7. The van der Waals surface area contributed by atoms with Gasteiger partial charge in [0.05, 0.1) is 16.2 Å². The fourth-order valence-electron chi connectivity index (χ4n) is 2.64. The van der Waals surface area contributed by atoms with E-state index in [-0.39, 0.29) is 17.4 Å². The van der Waals surface area contributed by atoms with Gasteiger partial charge in [0, 0.05) is 43.1 Å². The number of pyridine rings is 1. The van der Waals surface area contributed by atoms with Crippen LogP contribution in [-0.2, 0) is 10.0 Å². The highest BCUT2D eigenvalue weighted by atomic mass is 32.2. The van der Waals surface area contributed by atoms with Gasteiger partial charge in [0.2, 0.25) is 10.0 Å². The summed E-state index contributed by atoms with van der Waals surface area (Å²) in [6.45, 7) is 3.34. The van der Waals surface area contributed by atoms with Gasteiger partial charge in [0.15, 0.2) is 0 Å².